The van der Waals surface area contributed by atoms with Crippen molar-refractivity contribution in [3.8, 4) is 0 Å². The Hall–Kier alpha value is -1.61. The van der Waals surface area contributed by atoms with Crippen molar-refractivity contribution in [2.45, 2.75) is 187 Å². The maximum absolute atomic E-state index is 12.5. The zero-order valence-corrected chi connectivity index (χ0v) is 31.5. The number of rotatable bonds is 35. The molecule has 0 saturated carbocycles. The summed E-state index contributed by atoms with van der Waals surface area (Å²) >= 11 is 0. The van der Waals surface area contributed by atoms with E-state index in [1.807, 2.05) is 14.1 Å². The molecule has 0 atom stereocenters. The first-order valence-corrected chi connectivity index (χ1v) is 20.0. The van der Waals surface area contributed by atoms with Crippen LogP contribution >= 0.6 is 0 Å². The standard InChI is InChI=1S/C43H79NO2/c1-5-7-9-11-13-15-17-19-21-23-25-27-29-31-33-35-37-42(41-43(45)46-40-39-44(3)4)38-36-34-32-30-28-26-24-22-20-18-16-14-12-10-8-6-2/h13-16,19-22,42H,5-12,17-18,23-41H2,1-4H3/b15-13-,16-14-,21-19-,22-20-. The molecule has 0 spiro atoms. The first-order chi connectivity index (χ1) is 22.6. The highest BCUT2D eigenvalue weighted by Crippen LogP contribution is 2.23. The van der Waals surface area contributed by atoms with Crippen molar-refractivity contribution in [3.05, 3.63) is 48.6 Å². The molecule has 0 amide bonds. The highest BCUT2D eigenvalue weighted by molar-refractivity contribution is 5.69. The molecule has 0 saturated heterocycles. The summed E-state index contributed by atoms with van der Waals surface area (Å²) in [6, 6.07) is 0. The average molecular weight is 642 g/mol. The smallest absolute Gasteiger partial charge is 0.306 e. The van der Waals surface area contributed by atoms with E-state index in [-0.39, 0.29) is 5.97 Å². The van der Waals surface area contributed by atoms with Crippen LogP contribution in [0.15, 0.2) is 48.6 Å². The monoisotopic (exact) mass is 642 g/mol. The van der Waals surface area contributed by atoms with Gasteiger partial charge in [-0.05, 0) is 97.1 Å². The molecule has 0 N–H and O–H groups in total. The third-order valence-corrected chi connectivity index (χ3v) is 8.88. The van der Waals surface area contributed by atoms with Gasteiger partial charge in [-0.1, -0.05) is 152 Å². The summed E-state index contributed by atoms with van der Waals surface area (Å²) in [5.41, 5.74) is 0. The van der Waals surface area contributed by atoms with Crippen molar-refractivity contribution in [2.75, 3.05) is 27.2 Å². The van der Waals surface area contributed by atoms with Crippen LogP contribution in [0.25, 0.3) is 0 Å². The minimum atomic E-state index is 0.00641. The van der Waals surface area contributed by atoms with Crippen molar-refractivity contribution >= 4 is 5.97 Å². The van der Waals surface area contributed by atoms with Crippen molar-refractivity contribution in [1.29, 1.82) is 0 Å². The lowest BCUT2D eigenvalue weighted by Gasteiger charge is -2.17. The van der Waals surface area contributed by atoms with Crippen molar-refractivity contribution in [2.24, 2.45) is 5.92 Å². The van der Waals surface area contributed by atoms with E-state index in [1.54, 1.807) is 0 Å². The maximum atomic E-state index is 12.5. The summed E-state index contributed by atoms with van der Waals surface area (Å²) < 4.78 is 5.55. The highest BCUT2D eigenvalue weighted by Gasteiger charge is 2.15. The molecular weight excluding hydrogens is 562 g/mol. The molecule has 0 aliphatic heterocycles. The molecule has 0 rings (SSSR count). The number of likely N-dealkylation sites (N-methyl/N-ethyl adjacent to an activating group) is 1. The molecule has 3 heteroatoms. The van der Waals surface area contributed by atoms with Gasteiger partial charge in [0.05, 0.1) is 0 Å². The number of hydrogen-bond donors (Lipinski definition) is 0. The molecule has 268 valence electrons. The second kappa shape index (κ2) is 37.8. The van der Waals surface area contributed by atoms with Crippen molar-refractivity contribution in [3.63, 3.8) is 0 Å². The Bertz CT molecular complexity index is 687. The third-order valence-electron chi connectivity index (χ3n) is 8.88. The zero-order valence-electron chi connectivity index (χ0n) is 31.5. The predicted octanol–water partition coefficient (Wildman–Crippen LogP) is 13.5. The minimum absolute atomic E-state index is 0.00641. The summed E-state index contributed by atoms with van der Waals surface area (Å²) in [7, 11) is 4.04. The van der Waals surface area contributed by atoms with Crippen LogP contribution in [0.4, 0.5) is 0 Å². The number of hydrogen-bond acceptors (Lipinski definition) is 3. The lowest BCUT2D eigenvalue weighted by atomic mass is 9.91. The fourth-order valence-electron chi connectivity index (χ4n) is 5.83. The van der Waals surface area contributed by atoms with E-state index in [0.717, 1.165) is 19.4 Å². The summed E-state index contributed by atoms with van der Waals surface area (Å²) in [6.07, 6.45) is 52.5. The van der Waals surface area contributed by atoms with Crippen molar-refractivity contribution < 1.29 is 9.53 Å². The van der Waals surface area contributed by atoms with Gasteiger partial charge in [0.25, 0.3) is 0 Å². The molecule has 0 fully saturated rings. The van der Waals surface area contributed by atoms with E-state index >= 15 is 0 Å². The number of carbonyl (C=O) groups is 1. The maximum Gasteiger partial charge on any atom is 0.306 e. The molecule has 0 aromatic rings. The van der Waals surface area contributed by atoms with Gasteiger partial charge in [-0.3, -0.25) is 4.79 Å². The van der Waals surface area contributed by atoms with Gasteiger partial charge in [-0.2, -0.15) is 0 Å². The molecule has 0 heterocycles. The minimum Gasteiger partial charge on any atom is -0.464 e. The van der Waals surface area contributed by atoms with Gasteiger partial charge >= 0.3 is 5.97 Å². The molecule has 3 nitrogen and oxygen atoms in total. The van der Waals surface area contributed by atoms with Gasteiger partial charge in [0.2, 0.25) is 0 Å². The number of carbonyl (C=O) groups excluding carboxylic acids is 1. The van der Waals surface area contributed by atoms with Crippen LogP contribution in [-0.4, -0.2) is 38.1 Å². The van der Waals surface area contributed by atoms with Gasteiger partial charge in [-0.25, -0.2) is 0 Å². The van der Waals surface area contributed by atoms with E-state index in [2.05, 4.69) is 67.4 Å². The lowest BCUT2D eigenvalue weighted by Crippen LogP contribution is -2.21. The van der Waals surface area contributed by atoms with Crippen LogP contribution in [0.2, 0.25) is 0 Å². The molecule has 0 radical (unpaired) electrons. The van der Waals surface area contributed by atoms with Crippen LogP contribution in [0, 0.1) is 5.92 Å². The Labute approximate surface area is 288 Å². The van der Waals surface area contributed by atoms with E-state index in [0.29, 0.717) is 18.9 Å². The Morgan fingerprint density at radius 2 is 0.891 bits per heavy atom. The number of nitrogens with zero attached hydrogens (tertiary/aromatic N) is 1. The van der Waals surface area contributed by atoms with Gasteiger partial charge in [-0.15, -0.1) is 0 Å². The van der Waals surface area contributed by atoms with Crippen LogP contribution < -0.4 is 0 Å². The molecule has 0 aromatic carbocycles. The molecule has 0 aromatic heterocycles. The van der Waals surface area contributed by atoms with E-state index in [4.69, 9.17) is 4.74 Å². The molecular formula is C43H79NO2. The van der Waals surface area contributed by atoms with Gasteiger partial charge in [0, 0.05) is 13.0 Å². The zero-order chi connectivity index (χ0) is 33.6. The number of esters is 1. The molecule has 0 unspecified atom stereocenters. The topological polar surface area (TPSA) is 29.5 Å². The fourth-order valence-corrected chi connectivity index (χ4v) is 5.83. The normalized spacial score (nSPS) is 12.4. The molecule has 0 aliphatic carbocycles. The SMILES string of the molecule is CCCCC/C=C\C/C=C\CCCCCCCCC(CCCCCCCC/C=C\C/C=C\CCCCC)CC(=O)OCCN(C)C. The number of allylic oxidation sites excluding steroid dienone is 8. The lowest BCUT2D eigenvalue weighted by molar-refractivity contribution is -0.145. The Balaban J connectivity index is 4.01. The predicted molar refractivity (Wildman–Crippen MR) is 206 cm³/mol. The third kappa shape index (κ3) is 36.9. The van der Waals surface area contributed by atoms with E-state index in [9.17, 15) is 4.79 Å². The quantitative estimate of drug-likeness (QED) is 0.0392. The van der Waals surface area contributed by atoms with Gasteiger partial charge < -0.3 is 9.64 Å². The Morgan fingerprint density at radius 3 is 1.28 bits per heavy atom. The summed E-state index contributed by atoms with van der Waals surface area (Å²) in [5, 5.41) is 0. The van der Waals surface area contributed by atoms with Gasteiger partial charge in [0.1, 0.15) is 6.61 Å². The van der Waals surface area contributed by atoms with Crippen LogP contribution in [0.5, 0.6) is 0 Å². The molecule has 46 heavy (non-hydrogen) atoms. The summed E-state index contributed by atoms with van der Waals surface area (Å²) in [5.74, 6) is 0.496. The van der Waals surface area contributed by atoms with E-state index in [1.165, 1.54) is 154 Å². The first kappa shape index (κ1) is 44.4. The summed E-state index contributed by atoms with van der Waals surface area (Å²) in [6.45, 7) is 5.83. The summed E-state index contributed by atoms with van der Waals surface area (Å²) in [4.78, 5) is 14.6. The largest absolute Gasteiger partial charge is 0.464 e. The average Bonchev–Trinajstić information content (AvgIpc) is 3.04. The van der Waals surface area contributed by atoms with Crippen LogP contribution in [0.1, 0.15) is 187 Å². The highest BCUT2D eigenvalue weighted by atomic mass is 16.5. The first-order valence-electron chi connectivity index (χ1n) is 20.0. The fraction of sp³-hybridized carbons (Fsp3) is 0.791. The van der Waals surface area contributed by atoms with Crippen molar-refractivity contribution in [1.82, 2.24) is 4.90 Å². The van der Waals surface area contributed by atoms with Crippen LogP contribution in [0.3, 0.4) is 0 Å². The van der Waals surface area contributed by atoms with E-state index < -0.39 is 0 Å². The number of unbranched alkanes of at least 4 members (excludes halogenated alkanes) is 18. The second-order valence-electron chi connectivity index (χ2n) is 13.8. The Kier molecular flexibility index (Phi) is 36.5. The van der Waals surface area contributed by atoms with Gasteiger partial charge in [0.15, 0.2) is 0 Å². The van der Waals surface area contributed by atoms with Crippen LogP contribution in [-0.2, 0) is 9.53 Å². The number of ether oxygens (including phenoxy) is 1. The molecule has 0 bridgehead atoms. The second-order valence-corrected chi connectivity index (χ2v) is 13.8. The molecule has 0 aliphatic rings. The Morgan fingerprint density at radius 1 is 0.522 bits per heavy atom.